The van der Waals surface area contributed by atoms with Crippen molar-refractivity contribution in [3.63, 3.8) is 0 Å². The first-order chi connectivity index (χ1) is 9.43. The van der Waals surface area contributed by atoms with Gasteiger partial charge in [-0.3, -0.25) is 0 Å². The predicted molar refractivity (Wildman–Crippen MR) is 73.0 cm³/mol. The van der Waals surface area contributed by atoms with Gasteiger partial charge in [0, 0.05) is 17.7 Å². The van der Waals surface area contributed by atoms with Crippen molar-refractivity contribution < 1.29 is 17.9 Å². The summed E-state index contributed by atoms with van der Waals surface area (Å²) in [5, 5.41) is 0. The molecule has 0 aliphatic heterocycles. The largest absolute Gasteiger partial charge is 0.497 e. The topological polar surface area (TPSA) is 35.2 Å². The molecule has 0 fully saturated rings. The quantitative estimate of drug-likeness (QED) is 0.914. The molecule has 1 unspecified atom stereocenters. The smallest absolute Gasteiger partial charge is 0.137 e. The normalized spacial score (nSPS) is 12.3. The predicted octanol–water partition coefficient (Wildman–Crippen LogP) is 3.92. The fourth-order valence-corrected chi connectivity index (χ4v) is 2.10. The fourth-order valence-electron chi connectivity index (χ4n) is 1.85. The maximum atomic E-state index is 13.9. The van der Waals surface area contributed by atoms with Gasteiger partial charge in [0.15, 0.2) is 0 Å². The molecule has 0 amide bonds. The highest BCUT2D eigenvalue weighted by Gasteiger charge is 2.20. The van der Waals surface area contributed by atoms with E-state index < -0.39 is 23.5 Å². The van der Waals surface area contributed by atoms with Crippen LogP contribution in [0.1, 0.15) is 17.2 Å². The van der Waals surface area contributed by atoms with Crippen LogP contribution in [0, 0.1) is 17.5 Å². The van der Waals surface area contributed by atoms with Gasteiger partial charge < -0.3 is 10.5 Å². The van der Waals surface area contributed by atoms with Crippen LogP contribution in [0.5, 0.6) is 5.75 Å². The third-order valence-corrected chi connectivity index (χ3v) is 3.55. The molecule has 0 saturated heterocycles. The minimum absolute atomic E-state index is 0.0536. The second-order valence-corrected chi connectivity index (χ2v) is 5.01. The van der Waals surface area contributed by atoms with E-state index >= 15 is 0 Å². The molecule has 0 aliphatic carbocycles. The average Bonchev–Trinajstić information content (AvgIpc) is 2.40. The van der Waals surface area contributed by atoms with Crippen molar-refractivity contribution in [3.8, 4) is 5.75 Å². The second kappa shape index (κ2) is 5.85. The van der Waals surface area contributed by atoms with Gasteiger partial charge in [-0.2, -0.15) is 0 Å². The molecule has 0 saturated carbocycles. The molecule has 20 heavy (non-hydrogen) atoms. The van der Waals surface area contributed by atoms with Crippen LogP contribution >= 0.6 is 15.9 Å². The fraction of sp³-hybridized carbons (Fsp3) is 0.143. The average molecular weight is 346 g/mol. The molecule has 6 heteroatoms. The highest BCUT2D eigenvalue weighted by atomic mass is 79.9. The van der Waals surface area contributed by atoms with Gasteiger partial charge in [-0.05, 0) is 33.6 Å². The zero-order chi connectivity index (χ0) is 14.9. The van der Waals surface area contributed by atoms with E-state index in [0.717, 1.165) is 18.2 Å². The lowest BCUT2D eigenvalue weighted by molar-refractivity contribution is 0.404. The molecular formula is C14H11BrF3NO. The van der Waals surface area contributed by atoms with Crippen molar-refractivity contribution in [2.24, 2.45) is 5.73 Å². The van der Waals surface area contributed by atoms with E-state index in [-0.39, 0.29) is 21.3 Å². The number of ether oxygens (including phenoxy) is 1. The molecule has 2 aromatic carbocycles. The molecule has 2 rings (SSSR count). The molecule has 2 N–H and O–H groups in total. The summed E-state index contributed by atoms with van der Waals surface area (Å²) < 4.78 is 46.3. The van der Waals surface area contributed by atoms with Crippen molar-refractivity contribution in [1.82, 2.24) is 0 Å². The van der Waals surface area contributed by atoms with Crippen LogP contribution in [-0.4, -0.2) is 7.11 Å². The second-order valence-electron chi connectivity index (χ2n) is 4.16. The number of methoxy groups -OCH3 is 1. The third-order valence-electron chi connectivity index (χ3n) is 2.90. The first kappa shape index (κ1) is 14.9. The lowest BCUT2D eigenvalue weighted by atomic mass is 9.98. The van der Waals surface area contributed by atoms with Crippen LogP contribution in [0.2, 0.25) is 0 Å². The summed E-state index contributed by atoms with van der Waals surface area (Å²) in [5.74, 6) is -2.17. The lowest BCUT2D eigenvalue weighted by Gasteiger charge is -2.15. The van der Waals surface area contributed by atoms with Gasteiger partial charge in [0.2, 0.25) is 0 Å². The molecule has 1 atom stereocenters. The molecule has 0 aliphatic rings. The highest BCUT2D eigenvalue weighted by molar-refractivity contribution is 9.10. The zero-order valence-corrected chi connectivity index (χ0v) is 12.0. The van der Waals surface area contributed by atoms with E-state index in [1.165, 1.54) is 19.2 Å². The number of halogens is 4. The minimum atomic E-state index is -1.11. The monoisotopic (exact) mass is 345 g/mol. The van der Waals surface area contributed by atoms with Crippen molar-refractivity contribution in [2.45, 2.75) is 6.04 Å². The molecule has 0 heterocycles. The SMILES string of the molecule is COc1cc(F)c(C(N)c2ccc(Br)c(F)c2)c(F)c1. The first-order valence-corrected chi connectivity index (χ1v) is 6.46. The Morgan fingerprint density at radius 3 is 2.15 bits per heavy atom. The number of hydrogen-bond donors (Lipinski definition) is 1. The van der Waals surface area contributed by atoms with Crippen LogP contribution in [0.3, 0.4) is 0 Å². The Bertz CT molecular complexity index is 625. The van der Waals surface area contributed by atoms with Crippen LogP contribution < -0.4 is 10.5 Å². The molecule has 106 valence electrons. The van der Waals surface area contributed by atoms with Gasteiger partial charge in [-0.1, -0.05) is 6.07 Å². The van der Waals surface area contributed by atoms with E-state index in [2.05, 4.69) is 15.9 Å². The van der Waals surface area contributed by atoms with Gasteiger partial charge in [0.1, 0.15) is 23.2 Å². The van der Waals surface area contributed by atoms with Crippen molar-refractivity contribution in [3.05, 3.63) is 63.4 Å². The van der Waals surface area contributed by atoms with E-state index in [9.17, 15) is 13.2 Å². The summed E-state index contributed by atoms with van der Waals surface area (Å²) in [6.45, 7) is 0. The number of hydrogen-bond acceptors (Lipinski definition) is 2. The van der Waals surface area contributed by atoms with Gasteiger partial charge in [0.25, 0.3) is 0 Å². The van der Waals surface area contributed by atoms with Crippen LogP contribution in [-0.2, 0) is 0 Å². The highest BCUT2D eigenvalue weighted by Crippen LogP contribution is 2.29. The Kier molecular flexibility index (Phi) is 4.35. The Morgan fingerprint density at radius 2 is 1.65 bits per heavy atom. The summed E-state index contributed by atoms with van der Waals surface area (Å²) in [6, 6.07) is 5.03. The van der Waals surface area contributed by atoms with E-state index in [1.807, 2.05) is 0 Å². The maximum Gasteiger partial charge on any atom is 0.137 e. The Morgan fingerprint density at radius 1 is 1.05 bits per heavy atom. The maximum absolute atomic E-state index is 13.9. The molecule has 0 spiro atoms. The van der Waals surface area contributed by atoms with Gasteiger partial charge in [-0.25, -0.2) is 13.2 Å². The number of nitrogens with two attached hydrogens (primary N) is 1. The summed E-state index contributed by atoms with van der Waals surface area (Å²) in [6.07, 6.45) is 0. The number of benzene rings is 2. The molecule has 2 aromatic rings. The van der Waals surface area contributed by atoms with Crippen LogP contribution in [0.4, 0.5) is 13.2 Å². The summed E-state index contributed by atoms with van der Waals surface area (Å²) in [5.41, 5.74) is 5.77. The van der Waals surface area contributed by atoms with Crippen molar-refractivity contribution in [1.29, 1.82) is 0 Å². The van der Waals surface area contributed by atoms with E-state index in [0.29, 0.717) is 0 Å². The molecule has 0 bridgehead atoms. The van der Waals surface area contributed by atoms with Gasteiger partial charge in [0.05, 0.1) is 17.6 Å². The summed E-state index contributed by atoms with van der Waals surface area (Å²) in [7, 11) is 1.30. The van der Waals surface area contributed by atoms with Gasteiger partial charge >= 0.3 is 0 Å². The standard InChI is InChI=1S/C14H11BrF3NO/c1-20-8-5-11(17)13(12(18)6-8)14(19)7-2-3-9(15)10(16)4-7/h2-6,14H,19H2,1H3. The number of rotatable bonds is 3. The Balaban J connectivity index is 2.47. The van der Waals surface area contributed by atoms with Crippen molar-refractivity contribution in [2.75, 3.05) is 7.11 Å². The van der Waals surface area contributed by atoms with Gasteiger partial charge in [-0.15, -0.1) is 0 Å². The van der Waals surface area contributed by atoms with E-state index in [1.54, 1.807) is 0 Å². The molecule has 0 radical (unpaired) electrons. The van der Waals surface area contributed by atoms with Crippen LogP contribution in [0.25, 0.3) is 0 Å². The Hall–Kier alpha value is -1.53. The summed E-state index contributed by atoms with van der Waals surface area (Å²) in [4.78, 5) is 0. The molecule has 0 aromatic heterocycles. The van der Waals surface area contributed by atoms with E-state index in [4.69, 9.17) is 10.5 Å². The molecule has 2 nitrogen and oxygen atoms in total. The van der Waals surface area contributed by atoms with Crippen LogP contribution in [0.15, 0.2) is 34.8 Å². The Labute approximate surface area is 122 Å². The first-order valence-electron chi connectivity index (χ1n) is 5.67. The third kappa shape index (κ3) is 2.81. The minimum Gasteiger partial charge on any atom is -0.497 e. The zero-order valence-electron chi connectivity index (χ0n) is 10.5. The lowest BCUT2D eigenvalue weighted by Crippen LogP contribution is -2.16. The summed E-state index contributed by atoms with van der Waals surface area (Å²) >= 11 is 3.00. The molecular weight excluding hydrogens is 335 g/mol. The van der Waals surface area contributed by atoms with Crippen molar-refractivity contribution >= 4 is 15.9 Å².